The van der Waals surface area contributed by atoms with Gasteiger partial charge in [-0.05, 0) is 56.5 Å². The molecule has 2 fully saturated rings. The molecule has 2 aliphatic heterocycles. The van der Waals surface area contributed by atoms with Gasteiger partial charge in [0, 0.05) is 24.3 Å². The number of nitrogens with zero attached hydrogens (tertiary/aromatic N) is 3. The van der Waals surface area contributed by atoms with Crippen molar-refractivity contribution in [3.8, 4) is 11.4 Å². The van der Waals surface area contributed by atoms with Crippen molar-refractivity contribution < 1.29 is 4.52 Å². The highest BCUT2D eigenvalue weighted by atomic mass is 35.5. The summed E-state index contributed by atoms with van der Waals surface area (Å²) in [5.41, 5.74) is 2.31. The Bertz CT molecular complexity index is 603. The molecule has 0 spiro atoms. The summed E-state index contributed by atoms with van der Waals surface area (Å²) in [5.74, 6) is 1.39. The molecule has 2 aromatic rings. The molecule has 2 saturated heterocycles. The highest BCUT2D eigenvalue weighted by molar-refractivity contribution is 5.85. The first-order chi connectivity index (χ1) is 10.4. The quantitative estimate of drug-likeness (QED) is 0.941. The summed E-state index contributed by atoms with van der Waals surface area (Å²) in [6.45, 7) is 3.37. The van der Waals surface area contributed by atoms with E-state index in [4.69, 9.17) is 4.52 Å². The van der Waals surface area contributed by atoms with E-state index >= 15 is 0 Å². The van der Waals surface area contributed by atoms with Crippen LogP contribution >= 0.6 is 12.4 Å². The molecule has 0 amide bonds. The van der Waals surface area contributed by atoms with Gasteiger partial charge in [0.15, 0.2) is 0 Å². The maximum absolute atomic E-state index is 5.34. The van der Waals surface area contributed by atoms with E-state index in [1.807, 2.05) is 0 Å². The summed E-state index contributed by atoms with van der Waals surface area (Å²) in [6, 6.07) is 8.76. The lowest BCUT2D eigenvalue weighted by Gasteiger charge is -2.28. The number of halogens is 1. The van der Waals surface area contributed by atoms with E-state index in [-0.39, 0.29) is 18.4 Å². The Morgan fingerprint density at radius 2 is 1.82 bits per heavy atom. The average molecular weight is 321 g/mol. The molecule has 0 aliphatic carbocycles. The van der Waals surface area contributed by atoms with Gasteiger partial charge >= 0.3 is 0 Å². The van der Waals surface area contributed by atoms with E-state index < -0.39 is 0 Å². The number of hydrogen-bond donors (Lipinski definition) is 1. The smallest absolute Gasteiger partial charge is 0.244 e. The zero-order valence-electron chi connectivity index (χ0n) is 12.5. The van der Waals surface area contributed by atoms with Crippen molar-refractivity contribution in [3.05, 3.63) is 30.2 Å². The molecule has 2 aliphatic rings. The van der Waals surface area contributed by atoms with Gasteiger partial charge in [-0.15, -0.1) is 12.4 Å². The molecule has 4 rings (SSSR count). The van der Waals surface area contributed by atoms with Gasteiger partial charge in [-0.1, -0.05) is 5.16 Å². The third kappa shape index (κ3) is 2.96. The van der Waals surface area contributed by atoms with E-state index in [1.165, 1.54) is 38.0 Å². The van der Waals surface area contributed by atoms with Gasteiger partial charge < -0.3 is 14.7 Å². The fourth-order valence-electron chi connectivity index (χ4n) is 2.97. The molecule has 0 radical (unpaired) electrons. The van der Waals surface area contributed by atoms with E-state index in [1.54, 1.807) is 0 Å². The summed E-state index contributed by atoms with van der Waals surface area (Å²) >= 11 is 0. The normalized spacial score (nSPS) is 21.1. The minimum atomic E-state index is 0. The summed E-state index contributed by atoms with van der Waals surface area (Å²) < 4.78 is 5.34. The Labute approximate surface area is 136 Å². The Hall–Kier alpha value is -1.59. The van der Waals surface area contributed by atoms with Crippen LogP contribution in [0.2, 0.25) is 0 Å². The molecule has 1 N–H and O–H groups in total. The van der Waals surface area contributed by atoms with Crippen molar-refractivity contribution in [1.29, 1.82) is 0 Å². The predicted octanol–water partition coefficient (Wildman–Crippen LogP) is 3.18. The summed E-state index contributed by atoms with van der Waals surface area (Å²) in [6.07, 6.45) is 5.03. The Balaban J connectivity index is 0.00000144. The molecule has 0 saturated carbocycles. The van der Waals surface area contributed by atoms with Gasteiger partial charge in [0.2, 0.25) is 11.7 Å². The summed E-state index contributed by atoms with van der Waals surface area (Å²) in [7, 11) is 0. The van der Waals surface area contributed by atoms with Crippen LogP contribution in [0.1, 0.15) is 37.6 Å². The number of benzene rings is 1. The van der Waals surface area contributed by atoms with Crippen LogP contribution in [-0.4, -0.2) is 29.8 Å². The minimum Gasteiger partial charge on any atom is -0.372 e. The largest absolute Gasteiger partial charge is 0.372 e. The Morgan fingerprint density at radius 3 is 2.45 bits per heavy atom. The second-order valence-electron chi connectivity index (χ2n) is 5.85. The number of aromatic nitrogens is 2. The van der Waals surface area contributed by atoms with Crippen LogP contribution < -0.4 is 10.2 Å². The molecule has 5 nitrogen and oxygen atoms in total. The van der Waals surface area contributed by atoms with E-state index in [0.717, 1.165) is 18.5 Å². The van der Waals surface area contributed by atoms with Gasteiger partial charge in [0.05, 0.1) is 6.04 Å². The van der Waals surface area contributed by atoms with Crippen molar-refractivity contribution in [2.24, 2.45) is 0 Å². The molecule has 22 heavy (non-hydrogen) atoms. The third-order valence-corrected chi connectivity index (χ3v) is 4.41. The highest BCUT2D eigenvalue weighted by Crippen LogP contribution is 2.26. The number of rotatable bonds is 3. The van der Waals surface area contributed by atoms with Crippen LogP contribution in [0.25, 0.3) is 11.4 Å². The maximum atomic E-state index is 5.34. The van der Waals surface area contributed by atoms with Crippen molar-refractivity contribution >= 4 is 18.1 Å². The van der Waals surface area contributed by atoms with Crippen LogP contribution in [-0.2, 0) is 0 Å². The number of hydrogen-bond acceptors (Lipinski definition) is 5. The predicted molar refractivity (Wildman–Crippen MR) is 88.4 cm³/mol. The topological polar surface area (TPSA) is 54.2 Å². The molecule has 0 unspecified atom stereocenters. The van der Waals surface area contributed by atoms with Gasteiger partial charge in [0.1, 0.15) is 0 Å². The fraction of sp³-hybridized carbons (Fsp3) is 0.500. The fourth-order valence-corrected chi connectivity index (χ4v) is 2.97. The van der Waals surface area contributed by atoms with Crippen LogP contribution in [0.5, 0.6) is 0 Å². The number of nitrogens with one attached hydrogen (secondary N) is 1. The lowest BCUT2D eigenvalue weighted by Crippen LogP contribution is -2.35. The van der Waals surface area contributed by atoms with Crippen LogP contribution in [0, 0.1) is 0 Å². The molecule has 1 aromatic carbocycles. The van der Waals surface area contributed by atoms with E-state index in [0.29, 0.717) is 11.7 Å². The third-order valence-electron chi connectivity index (χ3n) is 4.41. The zero-order chi connectivity index (χ0) is 14.1. The lowest BCUT2D eigenvalue weighted by atomic mass is 10.1. The molecular weight excluding hydrogens is 300 g/mol. The molecule has 1 aromatic heterocycles. The molecule has 0 bridgehead atoms. The first kappa shape index (κ1) is 15.3. The summed E-state index contributed by atoms with van der Waals surface area (Å²) in [4.78, 5) is 6.94. The summed E-state index contributed by atoms with van der Waals surface area (Å²) in [5, 5.41) is 7.37. The van der Waals surface area contributed by atoms with Gasteiger partial charge in [-0.3, -0.25) is 0 Å². The van der Waals surface area contributed by atoms with Gasteiger partial charge in [-0.25, -0.2) is 0 Å². The van der Waals surface area contributed by atoms with Crippen molar-refractivity contribution in [1.82, 2.24) is 15.5 Å². The van der Waals surface area contributed by atoms with E-state index in [2.05, 4.69) is 44.6 Å². The van der Waals surface area contributed by atoms with Crippen molar-refractivity contribution in [2.75, 3.05) is 24.5 Å². The zero-order valence-corrected chi connectivity index (χ0v) is 13.3. The molecule has 6 heteroatoms. The van der Waals surface area contributed by atoms with Crippen LogP contribution in [0.4, 0.5) is 5.69 Å². The first-order valence-electron chi connectivity index (χ1n) is 7.82. The van der Waals surface area contributed by atoms with Crippen LogP contribution in [0.15, 0.2) is 28.8 Å². The second kappa shape index (κ2) is 6.67. The van der Waals surface area contributed by atoms with E-state index in [9.17, 15) is 0 Å². The molecule has 1 atom stereocenters. The first-order valence-corrected chi connectivity index (χ1v) is 7.82. The average Bonchev–Trinajstić information content (AvgIpc) is 2.96. The highest BCUT2D eigenvalue weighted by Gasteiger charge is 2.24. The Morgan fingerprint density at radius 1 is 1.09 bits per heavy atom. The van der Waals surface area contributed by atoms with Gasteiger partial charge in [0.25, 0.3) is 0 Å². The minimum absolute atomic E-state index is 0. The SMILES string of the molecule is Cl.c1cc(N2CCCCC2)ccc1-c1noc([C@H]2CCN2)n1. The molecular formula is C16H21ClN4O. The Kier molecular flexibility index (Phi) is 4.64. The lowest BCUT2D eigenvalue weighted by molar-refractivity contribution is 0.273. The number of piperidine rings is 1. The monoisotopic (exact) mass is 320 g/mol. The molecule has 118 valence electrons. The van der Waals surface area contributed by atoms with Crippen molar-refractivity contribution in [2.45, 2.75) is 31.7 Å². The van der Waals surface area contributed by atoms with Gasteiger partial charge in [-0.2, -0.15) is 4.98 Å². The van der Waals surface area contributed by atoms with Crippen LogP contribution in [0.3, 0.4) is 0 Å². The maximum Gasteiger partial charge on any atom is 0.244 e. The standard InChI is InChI=1S/C16H20N4O.ClH/c1-2-10-20(11-3-1)13-6-4-12(5-7-13)15-18-16(21-19-15)14-8-9-17-14;/h4-7,14,17H,1-3,8-11H2;1H/t14-;/m1./s1. The second-order valence-corrected chi connectivity index (χ2v) is 5.85. The van der Waals surface area contributed by atoms with Crippen molar-refractivity contribution in [3.63, 3.8) is 0 Å². The molecule has 3 heterocycles. The number of anilines is 1.